The highest BCUT2D eigenvalue weighted by molar-refractivity contribution is 7.89. The van der Waals surface area contributed by atoms with Gasteiger partial charge >= 0.3 is 0 Å². The van der Waals surface area contributed by atoms with Crippen LogP contribution < -0.4 is 4.90 Å². The van der Waals surface area contributed by atoms with Crippen molar-refractivity contribution in [3.05, 3.63) is 23.8 Å². The highest BCUT2D eigenvalue weighted by Crippen LogP contribution is 2.33. The summed E-state index contributed by atoms with van der Waals surface area (Å²) >= 11 is 0. The average molecular weight is 434 g/mol. The van der Waals surface area contributed by atoms with Gasteiger partial charge in [-0.25, -0.2) is 8.42 Å². The van der Waals surface area contributed by atoms with Gasteiger partial charge in [-0.3, -0.25) is 9.59 Å². The first-order valence-electron chi connectivity index (χ1n) is 11.1. The first-order valence-corrected chi connectivity index (χ1v) is 12.5. The van der Waals surface area contributed by atoms with Crippen molar-refractivity contribution in [3.8, 4) is 0 Å². The standard InChI is InChI=1S/C22H31N3O4S/c1-17-6-2-3-14-25(17)30(28,29)19-7-8-20-18(16-19)11-15-24(20)22(27)10-9-21(26)23-12-4-5-13-23/h7-8,16-17H,2-6,9-15H2,1H3/t17-/m0/s1. The number of carbonyl (C=O) groups excluding carboxylic acids is 2. The molecule has 3 aliphatic rings. The summed E-state index contributed by atoms with van der Waals surface area (Å²) in [6, 6.07) is 5.12. The van der Waals surface area contributed by atoms with E-state index in [9.17, 15) is 18.0 Å². The third-order valence-electron chi connectivity index (χ3n) is 6.61. The highest BCUT2D eigenvalue weighted by atomic mass is 32.2. The van der Waals surface area contributed by atoms with E-state index >= 15 is 0 Å². The van der Waals surface area contributed by atoms with Crippen LogP contribution in [0.2, 0.25) is 0 Å². The van der Waals surface area contributed by atoms with E-state index in [1.165, 1.54) is 0 Å². The Morgan fingerprint density at radius 2 is 1.67 bits per heavy atom. The quantitative estimate of drug-likeness (QED) is 0.715. The number of rotatable bonds is 5. The number of anilines is 1. The van der Waals surface area contributed by atoms with E-state index in [1.54, 1.807) is 27.4 Å². The van der Waals surface area contributed by atoms with Gasteiger partial charge < -0.3 is 9.80 Å². The van der Waals surface area contributed by atoms with Gasteiger partial charge in [0, 0.05) is 50.7 Å². The fraction of sp³-hybridized carbons (Fsp3) is 0.636. The van der Waals surface area contributed by atoms with Crippen LogP contribution in [0.1, 0.15) is 57.4 Å². The summed E-state index contributed by atoms with van der Waals surface area (Å²) in [4.78, 5) is 28.8. The lowest BCUT2D eigenvalue weighted by molar-refractivity contribution is -0.132. The molecule has 2 fully saturated rings. The van der Waals surface area contributed by atoms with Crippen LogP contribution in [0.4, 0.5) is 5.69 Å². The zero-order valence-electron chi connectivity index (χ0n) is 17.7. The molecule has 2 amide bonds. The van der Waals surface area contributed by atoms with Crippen molar-refractivity contribution in [1.29, 1.82) is 0 Å². The second kappa shape index (κ2) is 8.67. The van der Waals surface area contributed by atoms with E-state index in [0.29, 0.717) is 24.4 Å². The number of benzene rings is 1. The molecule has 3 aliphatic heterocycles. The Morgan fingerprint density at radius 3 is 2.40 bits per heavy atom. The monoisotopic (exact) mass is 433 g/mol. The molecule has 30 heavy (non-hydrogen) atoms. The zero-order valence-corrected chi connectivity index (χ0v) is 18.5. The molecule has 164 valence electrons. The Hall–Kier alpha value is -1.93. The number of piperidine rings is 1. The van der Waals surface area contributed by atoms with Gasteiger partial charge in [0.15, 0.2) is 0 Å². The Kier molecular flexibility index (Phi) is 6.16. The van der Waals surface area contributed by atoms with Gasteiger partial charge in [0.25, 0.3) is 0 Å². The molecular weight excluding hydrogens is 402 g/mol. The predicted octanol–water partition coefficient (Wildman–Crippen LogP) is 2.54. The average Bonchev–Trinajstić information content (AvgIpc) is 3.41. The third-order valence-corrected chi connectivity index (χ3v) is 8.62. The zero-order chi connectivity index (χ0) is 21.3. The summed E-state index contributed by atoms with van der Waals surface area (Å²) in [5, 5.41) is 0. The molecule has 0 aromatic heterocycles. The number of nitrogens with zero attached hydrogens (tertiary/aromatic N) is 3. The van der Waals surface area contributed by atoms with Gasteiger partial charge in [-0.15, -0.1) is 0 Å². The third kappa shape index (κ3) is 4.12. The van der Waals surface area contributed by atoms with E-state index in [0.717, 1.165) is 56.4 Å². The Bertz CT molecular complexity index is 924. The Morgan fingerprint density at radius 1 is 0.967 bits per heavy atom. The van der Waals surface area contributed by atoms with Crippen molar-refractivity contribution in [3.63, 3.8) is 0 Å². The normalized spacial score (nSPS) is 22.4. The summed E-state index contributed by atoms with van der Waals surface area (Å²) in [6.07, 6.45) is 6.01. The molecule has 8 heteroatoms. The van der Waals surface area contributed by atoms with Crippen LogP contribution in [-0.4, -0.2) is 61.7 Å². The SMILES string of the molecule is C[C@H]1CCCCN1S(=O)(=O)c1ccc2c(c1)CCN2C(=O)CCC(=O)N1CCCC1. The van der Waals surface area contributed by atoms with E-state index in [-0.39, 0.29) is 30.7 Å². The summed E-state index contributed by atoms with van der Waals surface area (Å²) in [6.45, 7) is 4.67. The summed E-state index contributed by atoms with van der Waals surface area (Å²) < 4.78 is 27.9. The maximum atomic E-state index is 13.1. The van der Waals surface area contributed by atoms with Crippen LogP contribution in [0.3, 0.4) is 0 Å². The number of sulfonamides is 1. The van der Waals surface area contributed by atoms with Crippen molar-refractivity contribution >= 4 is 27.5 Å². The molecule has 4 rings (SSSR count). The molecule has 0 N–H and O–H groups in total. The Balaban J connectivity index is 1.44. The van der Waals surface area contributed by atoms with Crippen molar-refractivity contribution in [2.45, 2.75) is 69.2 Å². The second-order valence-corrected chi connectivity index (χ2v) is 10.5. The molecule has 1 aromatic rings. The van der Waals surface area contributed by atoms with E-state index in [2.05, 4.69) is 0 Å². The number of likely N-dealkylation sites (tertiary alicyclic amines) is 1. The minimum Gasteiger partial charge on any atom is -0.343 e. The predicted molar refractivity (Wildman–Crippen MR) is 115 cm³/mol. The lowest BCUT2D eigenvalue weighted by atomic mass is 10.1. The van der Waals surface area contributed by atoms with Gasteiger partial charge in [0.2, 0.25) is 21.8 Å². The van der Waals surface area contributed by atoms with Crippen LogP contribution >= 0.6 is 0 Å². The van der Waals surface area contributed by atoms with Gasteiger partial charge in [0.05, 0.1) is 4.90 Å². The van der Waals surface area contributed by atoms with Crippen LogP contribution in [0.15, 0.2) is 23.1 Å². The smallest absolute Gasteiger partial charge is 0.243 e. The van der Waals surface area contributed by atoms with Crippen LogP contribution in [0.5, 0.6) is 0 Å². The molecule has 0 spiro atoms. The molecular formula is C22H31N3O4S. The first-order chi connectivity index (χ1) is 14.4. The molecule has 3 heterocycles. The highest BCUT2D eigenvalue weighted by Gasteiger charge is 2.33. The van der Waals surface area contributed by atoms with Crippen molar-refractivity contribution in [1.82, 2.24) is 9.21 Å². The molecule has 2 saturated heterocycles. The largest absolute Gasteiger partial charge is 0.343 e. The molecule has 0 unspecified atom stereocenters. The molecule has 0 saturated carbocycles. The van der Waals surface area contributed by atoms with Gasteiger partial charge in [0.1, 0.15) is 0 Å². The first kappa shape index (κ1) is 21.3. The number of carbonyl (C=O) groups is 2. The molecule has 7 nitrogen and oxygen atoms in total. The number of hydrogen-bond acceptors (Lipinski definition) is 4. The molecule has 0 bridgehead atoms. The van der Waals surface area contributed by atoms with Crippen molar-refractivity contribution in [2.24, 2.45) is 0 Å². The molecule has 1 atom stereocenters. The van der Waals surface area contributed by atoms with Gasteiger partial charge in [-0.2, -0.15) is 4.31 Å². The minimum absolute atomic E-state index is 0.0169. The van der Waals surface area contributed by atoms with Crippen LogP contribution in [-0.2, 0) is 26.0 Å². The van der Waals surface area contributed by atoms with Crippen LogP contribution in [0, 0.1) is 0 Å². The van der Waals surface area contributed by atoms with Crippen molar-refractivity contribution < 1.29 is 18.0 Å². The Labute approximate surface area is 179 Å². The fourth-order valence-corrected chi connectivity index (χ4v) is 6.59. The minimum atomic E-state index is -3.52. The van der Waals surface area contributed by atoms with E-state index in [4.69, 9.17) is 0 Å². The van der Waals surface area contributed by atoms with E-state index < -0.39 is 10.0 Å². The molecule has 0 radical (unpaired) electrons. The van der Waals surface area contributed by atoms with Gasteiger partial charge in [-0.1, -0.05) is 6.42 Å². The lowest BCUT2D eigenvalue weighted by Gasteiger charge is -2.32. The maximum Gasteiger partial charge on any atom is 0.243 e. The fourth-order valence-electron chi connectivity index (χ4n) is 4.84. The summed E-state index contributed by atoms with van der Waals surface area (Å²) in [5.74, 6) is -0.0149. The molecule has 1 aromatic carbocycles. The second-order valence-electron chi connectivity index (χ2n) is 8.63. The lowest BCUT2D eigenvalue weighted by Crippen LogP contribution is -2.41. The maximum absolute atomic E-state index is 13.1. The van der Waals surface area contributed by atoms with Crippen LogP contribution in [0.25, 0.3) is 0 Å². The summed E-state index contributed by atoms with van der Waals surface area (Å²) in [7, 11) is -3.52. The molecule has 0 aliphatic carbocycles. The van der Waals surface area contributed by atoms with Gasteiger partial charge in [-0.05, 0) is 62.8 Å². The number of fused-ring (bicyclic) bond motifs is 1. The topological polar surface area (TPSA) is 78.0 Å². The van der Waals surface area contributed by atoms with Crippen molar-refractivity contribution in [2.75, 3.05) is 31.1 Å². The summed E-state index contributed by atoms with van der Waals surface area (Å²) in [5.41, 5.74) is 1.67. The number of amides is 2. The number of hydrogen-bond donors (Lipinski definition) is 0. The van der Waals surface area contributed by atoms with E-state index in [1.807, 2.05) is 11.8 Å².